The van der Waals surface area contributed by atoms with Crippen LogP contribution in [0.2, 0.25) is 0 Å². The average Bonchev–Trinajstić information content (AvgIpc) is 2.98. The fraction of sp³-hybridized carbons (Fsp3) is 0.278. The van der Waals surface area contributed by atoms with Gasteiger partial charge in [0, 0.05) is 43.9 Å². The van der Waals surface area contributed by atoms with E-state index in [1.165, 1.54) is 28.7 Å². The van der Waals surface area contributed by atoms with E-state index in [1.54, 1.807) is 26.1 Å². The third-order valence-electron chi connectivity index (χ3n) is 7.74. The van der Waals surface area contributed by atoms with Crippen molar-refractivity contribution in [2.75, 3.05) is 13.6 Å². The number of primary amides is 1. The Kier molecular flexibility index (Phi) is 11.0. The molecule has 8 heteroatoms. The van der Waals surface area contributed by atoms with Gasteiger partial charge in [-0.05, 0) is 77.9 Å². The zero-order chi connectivity index (χ0) is 31.8. The first kappa shape index (κ1) is 32.5. The van der Waals surface area contributed by atoms with Crippen molar-refractivity contribution in [2.24, 2.45) is 5.73 Å². The van der Waals surface area contributed by atoms with E-state index in [1.807, 2.05) is 42.5 Å². The number of halogens is 2. The molecule has 2 amide bonds. The number of likely N-dealkylation sites (N-methyl/N-ethyl adjacent to an activating group) is 1. The van der Waals surface area contributed by atoms with Crippen molar-refractivity contribution in [3.8, 4) is 0 Å². The third-order valence-corrected chi connectivity index (χ3v) is 7.74. The van der Waals surface area contributed by atoms with Crippen LogP contribution in [0.3, 0.4) is 0 Å². The number of aliphatic hydroxyl groups is 1. The maximum absolute atomic E-state index is 14.2. The summed E-state index contributed by atoms with van der Waals surface area (Å²) >= 11 is 0. The van der Waals surface area contributed by atoms with Gasteiger partial charge < -0.3 is 15.7 Å². The topological polar surface area (TPSA) is 86.9 Å². The van der Waals surface area contributed by atoms with E-state index >= 15 is 0 Å². The quantitative estimate of drug-likeness (QED) is 0.207. The lowest BCUT2D eigenvalue weighted by Gasteiger charge is -2.35. The molecule has 6 nitrogen and oxygen atoms in total. The smallest absolute Gasteiger partial charge is 0.253 e. The first-order chi connectivity index (χ1) is 21.0. The summed E-state index contributed by atoms with van der Waals surface area (Å²) in [6.07, 6.45) is -0.212. The molecule has 0 spiro atoms. The van der Waals surface area contributed by atoms with E-state index in [0.717, 1.165) is 23.6 Å². The van der Waals surface area contributed by atoms with Gasteiger partial charge in [0.1, 0.15) is 11.6 Å². The highest BCUT2D eigenvalue weighted by molar-refractivity contribution is 5.99. The highest BCUT2D eigenvalue weighted by Gasteiger charge is 2.30. The van der Waals surface area contributed by atoms with Gasteiger partial charge in [-0.1, -0.05) is 61.5 Å². The van der Waals surface area contributed by atoms with Gasteiger partial charge in [0.15, 0.2) is 0 Å². The number of nitrogens with zero attached hydrogens (tertiary/aromatic N) is 2. The number of benzene rings is 4. The lowest BCUT2D eigenvalue weighted by Crippen LogP contribution is -2.50. The summed E-state index contributed by atoms with van der Waals surface area (Å²) < 4.78 is 28.4. The van der Waals surface area contributed by atoms with Crippen LogP contribution in [-0.2, 0) is 25.9 Å². The second kappa shape index (κ2) is 14.9. The van der Waals surface area contributed by atoms with E-state index in [9.17, 15) is 23.5 Å². The lowest BCUT2D eigenvalue weighted by atomic mass is 9.97. The van der Waals surface area contributed by atoms with Crippen LogP contribution in [-0.4, -0.2) is 52.5 Å². The van der Waals surface area contributed by atoms with Gasteiger partial charge in [0.25, 0.3) is 5.91 Å². The number of carbonyl (C=O) groups excluding carboxylic acids is 2. The molecule has 0 unspecified atom stereocenters. The zero-order valence-electron chi connectivity index (χ0n) is 25.3. The van der Waals surface area contributed by atoms with Crippen LogP contribution in [0.5, 0.6) is 0 Å². The van der Waals surface area contributed by atoms with E-state index in [-0.39, 0.29) is 24.1 Å². The Bertz CT molecular complexity index is 1570. The van der Waals surface area contributed by atoms with E-state index < -0.39 is 35.6 Å². The summed E-state index contributed by atoms with van der Waals surface area (Å²) in [6, 6.07) is 25.1. The number of hydrogen-bond donors (Lipinski definition) is 2. The number of aryl methyl sites for hydroxylation is 2. The zero-order valence-corrected chi connectivity index (χ0v) is 25.3. The van der Waals surface area contributed by atoms with Crippen molar-refractivity contribution in [3.05, 3.63) is 142 Å². The number of nitrogens with two attached hydrogens (primary N) is 1. The Morgan fingerprint density at radius 1 is 0.795 bits per heavy atom. The van der Waals surface area contributed by atoms with Crippen LogP contribution in [0, 0.1) is 18.6 Å². The summed E-state index contributed by atoms with van der Waals surface area (Å²) in [5.74, 6) is -2.61. The summed E-state index contributed by atoms with van der Waals surface area (Å²) in [5.41, 5.74) is 10.2. The Labute approximate surface area is 257 Å². The average molecular weight is 600 g/mol. The predicted molar refractivity (Wildman–Crippen MR) is 168 cm³/mol. The van der Waals surface area contributed by atoms with Crippen molar-refractivity contribution in [2.45, 2.75) is 51.9 Å². The molecule has 0 radical (unpaired) electrons. The van der Waals surface area contributed by atoms with Crippen LogP contribution in [0.1, 0.15) is 55.5 Å². The SMILES string of the molecule is CCc1cccc(CN(Cc2ccccc2)C[C@@H](O)[C@H](Cc2cc(F)cc(F)c2)N(C)C(=O)c2cc(C)cc(C(N)=O)c2)c1. The second-order valence-electron chi connectivity index (χ2n) is 11.3. The maximum atomic E-state index is 14.2. The normalized spacial score (nSPS) is 12.6. The number of hydrogen-bond acceptors (Lipinski definition) is 4. The second-order valence-corrected chi connectivity index (χ2v) is 11.3. The van der Waals surface area contributed by atoms with Gasteiger partial charge in [0.2, 0.25) is 5.91 Å². The molecule has 4 aromatic carbocycles. The minimum atomic E-state index is -1.10. The Morgan fingerprint density at radius 3 is 2.07 bits per heavy atom. The van der Waals surface area contributed by atoms with Gasteiger partial charge in [-0.25, -0.2) is 8.78 Å². The highest BCUT2D eigenvalue weighted by atomic mass is 19.1. The van der Waals surface area contributed by atoms with Crippen molar-refractivity contribution in [1.29, 1.82) is 0 Å². The van der Waals surface area contributed by atoms with Crippen molar-refractivity contribution < 1.29 is 23.5 Å². The molecule has 230 valence electrons. The molecule has 0 aliphatic rings. The fourth-order valence-electron chi connectivity index (χ4n) is 5.52. The first-order valence-corrected chi connectivity index (χ1v) is 14.7. The molecule has 0 saturated heterocycles. The molecule has 3 N–H and O–H groups in total. The summed E-state index contributed by atoms with van der Waals surface area (Å²) in [5, 5.41) is 11.8. The monoisotopic (exact) mass is 599 g/mol. The highest BCUT2D eigenvalue weighted by Crippen LogP contribution is 2.21. The molecule has 4 aromatic rings. The molecular weight excluding hydrogens is 560 g/mol. The van der Waals surface area contributed by atoms with Crippen LogP contribution in [0.15, 0.2) is 91.0 Å². The molecule has 2 atom stereocenters. The maximum Gasteiger partial charge on any atom is 0.253 e. The van der Waals surface area contributed by atoms with Crippen molar-refractivity contribution in [3.63, 3.8) is 0 Å². The van der Waals surface area contributed by atoms with Crippen LogP contribution >= 0.6 is 0 Å². The summed E-state index contributed by atoms with van der Waals surface area (Å²) in [4.78, 5) is 29.1. The molecule has 0 aliphatic carbocycles. The first-order valence-electron chi connectivity index (χ1n) is 14.7. The number of rotatable bonds is 13. The molecule has 0 saturated carbocycles. The number of amides is 2. The van der Waals surface area contributed by atoms with E-state index in [0.29, 0.717) is 24.2 Å². The Balaban J connectivity index is 1.67. The van der Waals surface area contributed by atoms with Gasteiger partial charge in [-0.15, -0.1) is 0 Å². The summed E-state index contributed by atoms with van der Waals surface area (Å²) in [7, 11) is 1.55. The summed E-state index contributed by atoms with van der Waals surface area (Å²) in [6.45, 7) is 5.09. The lowest BCUT2D eigenvalue weighted by molar-refractivity contribution is 0.0254. The molecule has 0 bridgehead atoms. The van der Waals surface area contributed by atoms with Gasteiger partial charge in [-0.2, -0.15) is 0 Å². The molecular formula is C36H39F2N3O3. The number of carbonyl (C=O) groups is 2. The van der Waals surface area contributed by atoms with E-state index in [2.05, 4.69) is 24.0 Å². The Morgan fingerprint density at radius 2 is 1.41 bits per heavy atom. The predicted octanol–water partition coefficient (Wildman–Crippen LogP) is 5.68. The third kappa shape index (κ3) is 8.81. The van der Waals surface area contributed by atoms with Crippen LogP contribution in [0.25, 0.3) is 0 Å². The minimum absolute atomic E-state index is 0.00290. The molecule has 44 heavy (non-hydrogen) atoms. The standard InChI is InChI=1S/C36H39F2N3O3/c1-4-25-11-8-12-27(15-25)22-41(21-26-9-6-5-7-10-26)23-34(42)33(18-28-16-31(37)20-32(38)17-28)40(3)36(44)30-14-24(2)13-29(19-30)35(39)43/h5-17,19-20,33-34,42H,4,18,21-23H2,1-3H3,(H2,39,43)/t33-,34+/m0/s1. The fourth-order valence-corrected chi connectivity index (χ4v) is 5.52. The van der Waals surface area contributed by atoms with Crippen molar-refractivity contribution in [1.82, 2.24) is 9.80 Å². The van der Waals surface area contributed by atoms with E-state index in [4.69, 9.17) is 5.73 Å². The van der Waals surface area contributed by atoms with Gasteiger partial charge >= 0.3 is 0 Å². The minimum Gasteiger partial charge on any atom is -0.390 e. The number of aliphatic hydroxyl groups excluding tert-OH is 1. The van der Waals surface area contributed by atoms with Crippen molar-refractivity contribution >= 4 is 11.8 Å². The van der Waals surface area contributed by atoms with Crippen LogP contribution < -0.4 is 5.73 Å². The molecule has 0 heterocycles. The largest absolute Gasteiger partial charge is 0.390 e. The van der Waals surface area contributed by atoms with Gasteiger partial charge in [0.05, 0.1) is 12.1 Å². The van der Waals surface area contributed by atoms with Gasteiger partial charge in [-0.3, -0.25) is 14.5 Å². The molecule has 0 aliphatic heterocycles. The molecule has 0 aromatic heterocycles. The molecule has 0 fully saturated rings. The Hall–Kier alpha value is -4.40. The van der Waals surface area contributed by atoms with Crippen LogP contribution in [0.4, 0.5) is 8.78 Å². The molecule has 4 rings (SSSR count).